The second-order valence-corrected chi connectivity index (χ2v) is 8.50. The third-order valence-electron chi connectivity index (χ3n) is 3.99. The van der Waals surface area contributed by atoms with E-state index < -0.39 is 22.5 Å². The first-order chi connectivity index (χ1) is 13.9. The van der Waals surface area contributed by atoms with Crippen LogP contribution in [0.5, 0.6) is 11.5 Å². The van der Waals surface area contributed by atoms with Crippen molar-refractivity contribution >= 4 is 43.6 Å². The summed E-state index contributed by atoms with van der Waals surface area (Å²) in [5.74, 6) is 0.0803. The second kappa shape index (κ2) is 9.03. The molecule has 152 valence electrons. The van der Waals surface area contributed by atoms with Crippen LogP contribution in [0.1, 0.15) is 5.56 Å². The number of fused-ring (bicyclic) bond motifs is 1. The van der Waals surface area contributed by atoms with Gasteiger partial charge in [-0.3, -0.25) is 4.79 Å². The quantitative estimate of drug-likeness (QED) is 0.419. The summed E-state index contributed by atoms with van der Waals surface area (Å²) in [6, 6.07) is 12.0. The number of sulfonamides is 1. The molecule has 2 aromatic carbocycles. The van der Waals surface area contributed by atoms with Crippen molar-refractivity contribution in [1.82, 2.24) is 10.1 Å². The number of amides is 1. The van der Waals surface area contributed by atoms with E-state index in [9.17, 15) is 13.2 Å². The highest BCUT2D eigenvalue weighted by Crippen LogP contribution is 2.29. The van der Waals surface area contributed by atoms with E-state index in [4.69, 9.17) is 9.47 Å². The van der Waals surface area contributed by atoms with Gasteiger partial charge in [-0.2, -0.15) is 5.10 Å². The van der Waals surface area contributed by atoms with Gasteiger partial charge in [0.15, 0.2) is 11.5 Å². The number of thiophene rings is 1. The Balaban J connectivity index is 1.59. The smallest absolute Gasteiger partial charge is 0.255 e. The number of hydrogen-bond donors (Lipinski definition) is 2. The van der Waals surface area contributed by atoms with Gasteiger partial charge in [0, 0.05) is 27.1 Å². The number of carbonyl (C=O) groups excluding carboxylic acids is 1. The molecular weight excluding hydrogens is 414 g/mol. The standard InChI is InChI=1S/C19H19N3O5S2/c1-26-16-8-7-14(9-17(16)27-2)29(24,25)21-11-19(23)22-20-10-13-12-28-18-6-4-3-5-15(13)18/h3-10,12,21H,11H2,1-2H3,(H,22,23)/b20-10+. The Hall–Kier alpha value is -2.95. The largest absolute Gasteiger partial charge is 0.493 e. The Kier molecular flexibility index (Phi) is 6.47. The third-order valence-corrected chi connectivity index (χ3v) is 6.37. The molecule has 1 heterocycles. The van der Waals surface area contributed by atoms with Crippen molar-refractivity contribution in [2.24, 2.45) is 5.10 Å². The SMILES string of the molecule is COc1ccc(S(=O)(=O)NCC(=O)N/N=C/c2csc3ccccc23)cc1OC. The molecule has 3 aromatic rings. The first kappa shape index (κ1) is 20.8. The highest BCUT2D eigenvalue weighted by atomic mass is 32.2. The van der Waals surface area contributed by atoms with Crippen LogP contribution in [0.4, 0.5) is 0 Å². The van der Waals surface area contributed by atoms with E-state index in [1.807, 2.05) is 29.6 Å². The Labute approximate surface area is 172 Å². The summed E-state index contributed by atoms with van der Waals surface area (Å²) in [6.45, 7) is -0.460. The van der Waals surface area contributed by atoms with Crippen molar-refractivity contribution in [2.75, 3.05) is 20.8 Å². The molecule has 0 bridgehead atoms. The van der Waals surface area contributed by atoms with Crippen molar-refractivity contribution < 1.29 is 22.7 Å². The Bertz CT molecular complexity index is 1160. The summed E-state index contributed by atoms with van der Waals surface area (Å²) >= 11 is 1.57. The molecular formula is C19H19N3O5S2. The van der Waals surface area contributed by atoms with Crippen molar-refractivity contribution in [3.05, 3.63) is 53.4 Å². The lowest BCUT2D eigenvalue weighted by atomic mass is 10.2. The highest BCUT2D eigenvalue weighted by molar-refractivity contribution is 7.89. The first-order valence-corrected chi connectivity index (χ1v) is 10.8. The molecule has 29 heavy (non-hydrogen) atoms. The van der Waals surface area contributed by atoms with E-state index in [2.05, 4.69) is 15.2 Å². The number of benzene rings is 2. The zero-order valence-corrected chi connectivity index (χ0v) is 17.3. The van der Waals surface area contributed by atoms with E-state index in [0.29, 0.717) is 5.75 Å². The number of ether oxygens (including phenoxy) is 2. The number of nitrogens with one attached hydrogen (secondary N) is 2. The maximum Gasteiger partial charge on any atom is 0.255 e. The molecule has 0 unspecified atom stereocenters. The van der Waals surface area contributed by atoms with Gasteiger partial charge in [-0.25, -0.2) is 18.6 Å². The van der Waals surface area contributed by atoms with Crippen LogP contribution in [0.15, 0.2) is 57.8 Å². The summed E-state index contributed by atoms with van der Waals surface area (Å²) in [5.41, 5.74) is 3.19. The van der Waals surface area contributed by atoms with Crippen molar-refractivity contribution in [1.29, 1.82) is 0 Å². The lowest BCUT2D eigenvalue weighted by Gasteiger charge is -2.10. The molecule has 0 aliphatic heterocycles. The van der Waals surface area contributed by atoms with Crippen molar-refractivity contribution in [2.45, 2.75) is 4.90 Å². The lowest BCUT2D eigenvalue weighted by Crippen LogP contribution is -2.34. The summed E-state index contributed by atoms with van der Waals surface area (Å²) in [4.78, 5) is 11.9. The summed E-state index contributed by atoms with van der Waals surface area (Å²) in [6.07, 6.45) is 1.53. The number of rotatable bonds is 8. The van der Waals surface area contributed by atoms with Gasteiger partial charge in [-0.1, -0.05) is 18.2 Å². The lowest BCUT2D eigenvalue weighted by molar-refractivity contribution is -0.119. The summed E-state index contributed by atoms with van der Waals surface area (Å²) in [7, 11) is -1.05. The molecule has 10 heteroatoms. The Morgan fingerprint density at radius 1 is 1.14 bits per heavy atom. The molecule has 0 saturated heterocycles. The van der Waals surface area contributed by atoms with E-state index in [1.54, 1.807) is 11.3 Å². The minimum Gasteiger partial charge on any atom is -0.493 e. The van der Waals surface area contributed by atoms with Gasteiger partial charge >= 0.3 is 0 Å². The van der Waals surface area contributed by atoms with Crippen LogP contribution in [-0.2, 0) is 14.8 Å². The maximum atomic E-state index is 12.4. The second-order valence-electron chi connectivity index (χ2n) is 5.82. The molecule has 0 fully saturated rings. The maximum absolute atomic E-state index is 12.4. The fourth-order valence-electron chi connectivity index (χ4n) is 2.54. The zero-order chi connectivity index (χ0) is 20.9. The fraction of sp³-hybridized carbons (Fsp3) is 0.158. The average Bonchev–Trinajstić information content (AvgIpc) is 3.15. The molecule has 0 spiro atoms. The molecule has 3 rings (SSSR count). The predicted molar refractivity (Wildman–Crippen MR) is 112 cm³/mol. The molecule has 2 N–H and O–H groups in total. The summed E-state index contributed by atoms with van der Waals surface area (Å²) in [5, 5.41) is 6.86. The number of nitrogens with zero attached hydrogens (tertiary/aromatic N) is 1. The molecule has 0 aliphatic carbocycles. The van der Waals surface area contributed by atoms with E-state index in [0.717, 1.165) is 15.6 Å². The number of methoxy groups -OCH3 is 2. The molecule has 0 saturated carbocycles. The van der Waals surface area contributed by atoms with Gasteiger partial charge < -0.3 is 9.47 Å². The average molecular weight is 434 g/mol. The van der Waals surface area contributed by atoms with Crippen molar-refractivity contribution in [3.8, 4) is 11.5 Å². The topological polar surface area (TPSA) is 106 Å². The predicted octanol–water partition coefficient (Wildman–Crippen LogP) is 2.35. The van der Waals surface area contributed by atoms with Crippen LogP contribution < -0.4 is 19.6 Å². The monoisotopic (exact) mass is 433 g/mol. The fourth-order valence-corrected chi connectivity index (χ4v) is 4.45. The van der Waals surface area contributed by atoms with Crippen LogP contribution in [-0.4, -0.2) is 41.3 Å². The van der Waals surface area contributed by atoms with Crippen LogP contribution >= 0.6 is 11.3 Å². The van der Waals surface area contributed by atoms with Crippen LogP contribution in [0.2, 0.25) is 0 Å². The van der Waals surface area contributed by atoms with Gasteiger partial charge in [0.25, 0.3) is 5.91 Å². The molecule has 8 nitrogen and oxygen atoms in total. The van der Waals surface area contributed by atoms with Gasteiger partial charge in [-0.05, 0) is 18.2 Å². The molecule has 0 radical (unpaired) electrons. The molecule has 1 amide bonds. The van der Waals surface area contributed by atoms with E-state index in [1.165, 1.54) is 38.6 Å². The summed E-state index contributed by atoms with van der Waals surface area (Å²) < 4.78 is 38.3. The van der Waals surface area contributed by atoms with E-state index >= 15 is 0 Å². The minimum atomic E-state index is -3.91. The number of hydrogen-bond acceptors (Lipinski definition) is 7. The van der Waals surface area contributed by atoms with Gasteiger partial charge in [0.1, 0.15) is 0 Å². The highest BCUT2D eigenvalue weighted by Gasteiger charge is 2.18. The van der Waals surface area contributed by atoms with E-state index in [-0.39, 0.29) is 10.6 Å². The molecule has 0 atom stereocenters. The Morgan fingerprint density at radius 3 is 2.66 bits per heavy atom. The zero-order valence-electron chi connectivity index (χ0n) is 15.7. The van der Waals surface area contributed by atoms with Gasteiger partial charge in [0.05, 0.1) is 31.9 Å². The van der Waals surface area contributed by atoms with Crippen LogP contribution in [0, 0.1) is 0 Å². The van der Waals surface area contributed by atoms with Gasteiger partial charge in [-0.15, -0.1) is 11.3 Å². The van der Waals surface area contributed by atoms with Crippen LogP contribution in [0.25, 0.3) is 10.1 Å². The first-order valence-electron chi connectivity index (χ1n) is 8.44. The van der Waals surface area contributed by atoms with Crippen molar-refractivity contribution in [3.63, 3.8) is 0 Å². The third kappa shape index (κ3) is 4.91. The van der Waals surface area contributed by atoms with Gasteiger partial charge in [0.2, 0.25) is 10.0 Å². The number of hydrazone groups is 1. The minimum absolute atomic E-state index is 0.0452. The molecule has 0 aliphatic rings. The van der Waals surface area contributed by atoms with Crippen LogP contribution in [0.3, 0.4) is 0 Å². The number of carbonyl (C=O) groups is 1. The Morgan fingerprint density at radius 2 is 1.90 bits per heavy atom. The molecule has 1 aromatic heterocycles. The normalized spacial score (nSPS) is 11.7.